The Morgan fingerprint density at radius 3 is 2.65 bits per heavy atom. The van der Waals surface area contributed by atoms with Gasteiger partial charge in [0.2, 0.25) is 0 Å². The van der Waals surface area contributed by atoms with Gasteiger partial charge in [-0.1, -0.05) is 18.6 Å². The van der Waals surface area contributed by atoms with E-state index < -0.39 is 6.10 Å². The summed E-state index contributed by atoms with van der Waals surface area (Å²) in [7, 11) is 0. The lowest BCUT2D eigenvalue weighted by atomic mass is 9.97. The Hall–Kier alpha value is -1.10. The number of aliphatic hydroxyl groups excluding tert-OH is 2. The first-order chi connectivity index (χ1) is 9.63. The number of hydrogen-bond acceptors (Lipinski definition) is 4. The van der Waals surface area contributed by atoms with E-state index in [1.807, 2.05) is 39.0 Å². The van der Waals surface area contributed by atoms with Crippen LogP contribution >= 0.6 is 0 Å². The lowest BCUT2D eigenvalue weighted by Crippen LogP contribution is -2.35. The maximum atomic E-state index is 10.6. The molecule has 2 atom stereocenters. The van der Waals surface area contributed by atoms with Gasteiger partial charge < -0.3 is 20.3 Å². The van der Waals surface area contributed by atoms with E-state index in [4.69, 9.17) is 9.84 Å². The van der Waals surface area contributed by atoms with E-state index in [1.165, 1.54) is 0 Å². The lowest BCUT2D eigenvalue weighted by molar-refractivity contribution is 0.120. The highest BCUT2D eigenvalue weighted by molar-refractivity contribution is 5.39. The molecule has 0 aliphatic carbocycles. The molecule has 114 valence electrons. The van der Waals surface area contributed by atoms with Gasteiger partial charge in [-0.3, -0.25) is 0 Å². The summed E-state index contributed by atoms with van der Waals surface area (Å²) in [5.74, 6) is 0.744. The average molecular weight is 281 g/mol. The quantitative estimate of drug-likeness (QED) is 0.607. The van der Waals surface area contributed by atoms with E-state index in [1.54, 1.807) is 0 Å². The van der Waals surface area contributed by atoms with Crippen molar-refractivity contribution < 1.29 is 14.9 Å². The smallest absolute Gasteiger partial charge is 0.125 e. The normalized spacial score (nSPS) is 14.1. The number of benzene rings is 1. The van der Waals surface area contributed by atoms with Crippen molar-refractivity contribution in [2.24, 2.45) is 0 Å². The molecule has 0 heterocycles. The van der Waals surface area contributed by atoms with Gasteiger partial charge in [-0.15, -0.1) is 0 Å². The number of aliphatic hydroxyl groups is 2. The van der Waals surface area contributed by atoms with Gasteiger partial charge in [-0.25, -0.2) is 0 Å². The van der Waals surface area contributed by atoms with Crippen molar-refractivity contribution in [3.8, 4) is 5.75 Å². The summed E-state index contributed by atoms with van der Waals surface area (Å²) in [6.45, 7) is 7.42. The summed E-state index contributed by atoms with van der Waals surface area (Å²) >= 11 is 0. The summed E-state index contributed by atoms with van der Waals surface area (Å²) in [6, 6.07) is 5.84. The van der Waals surface area contributed by atoms with Gasteiger partial charge in [0.1, 0.15) is 5.75 Å². The second kappa shape index (κ2) is 8.95. The van der Waals surface area contributed by atoms with Crippen LogP contribution in [0.4, 0.5) is 0 Å². The fourth-order valence-electron chi connectivity index (χ4n) is 2.25. The Bertz CT molecular complexity index is 395. The molecular formula is C16H27NO3. The Labute approximate surface area is 121 Å². The molecule has 0 fully saturated rings. The zero-order chi connectivity index (χ0) is 15.0. The van der Waals surface area contributed by atoms with Crippen molar-refractivity contribution in [3.63, 3.8) is 0 Å². The first-order valence-corrected chi connectivity index (χ1v) is 7.39. The minimum atomic E-state index is -0.611. The monoisotopic (exact) mass is 281 g/mol. The van der Waals surface area contributed by atoms with Crippen LogP contribution in [0.2, 0.25) is 0 Å². The Kier molecular flexibility index (Phi) is 7.59. The van der Waals surface area contributed by atoms with E-state index >= 15 is 0 Å². The number of hydrogen-bond donors (Lipinski definition) is 3. The predicted molar refractivity (Wildman–Crippen MR) is 81.1 cm³/mol. The number of aryl methyl sites for hydroxylation is 1. The molecule has 0 saturated carbocycles. The van der Waals surface area contributed by atoms with Crippen molar-refractivity contribution in [2.75, 3.05) is 19.8 Å². The Balaban J connectivity index is 2.86. The number of ether oxygens (including phenoxy) is 1. The fourth-order valence-corrected chi connectivity index (χ4v) is 2.25. The SMILES string of the molecule is CCOc1ccc(C)cc1C(O)C(CC)NCCCO. The van der Waals surface area contributed by atoms with Gasteiger partial charge in [0.25, 0.3) is 0 Å². The molecule has 0 saturated heterocycles. The molecule has 4 heteroatoms. The third kappa shape index (κ3) is 4.78. The highest BCUT2D eigenvalue weighted by atomic mass is 16.5. The van der Waals surface area contributed by atoms with Gasteiger partial charge in [0, 0.05) is 18.2 Å². The van der Waals surface area contributed by atoms with Crippen LogP contribution in [-0.2, 0) is 0 Å². The number of nitrogens with one attached hydrogen (secondary N) is 1. The third-order valence-corrected chi connectivity index (χ3v) is 3.35. The molecule has 1 aromatic rings. The summed E-state index contributed by atoms with van der Waals surface area (Å²) in [4.78, 5) is 0. The minimum absolute atomic E-state index is 0.0393. The molecule has 1 aromatic carbocycles. The zero-order valence-electron chi connectivity index (χ0n) is 12.7. The van der Waals surface area contributed by atoms with Crippen molar-refractivity contribution in [2.45, 2.75) is 45.8 Å². The van der Waals surface area contributed by atoms with Crippen molar-refractivity contribution >= 4 is 0 Å². The van der Waals surface area contributed by atoms with Gasteiger partial charge >= 0.3 is 0 Å². The zero-order valence-corrected chi connectivity index (χ0v) is 12.7. The molecule has 2 unspecified atom stereocenters. The van der Waals surface area contributed by atoms with Crippen LogP contribution in [0.25, 0.3) is 0 Å². The molecule has 0 spiro atoms. The highest BCUT2D eigenvalue weighted by Gasteiger charge is 2.22. The second-order valence-corrected chi connectivity index (χ2v) is 4.97. The van der Waals surface area contributed by atoms with Gasteiger partial charge in [-0.05, 0) is 45.4 Å². The molecule has 20 heavy (non-hydrogen) atoms. The molecule has 0 bridgehead atoms. The molecule has 3 N–H and O–H groups in total. The molecule has 0 radical (unpaired) electrons. The van der Waals surface area contributed by atoms with E-state index in [2.05, 4.69) is 5.32 Å². The highest BCUT2D eigenvalue weighted by Crippen LogP contribution is 2.29. The van der Waals surface area contributed by atoms with E-state index in [9.17, 15) is 5.11 Å². The summed E-state index contributed by atoms with van der Waals surface area (Å²) < 4.78 is 5.61. The van der Waals surface area contributed by atoms with Gasteiger partial charge in [0.05, 0.1) is 12.7 Å². The van der Waals surface area contributed by atoms with Gasteiger partial charge in [-0.2, -0.15) is 0 Å². The minimum Gasteiger partial charge on any atom is -0.493 e. The van der Waals surface area contributed by atoms with Crippen LogP contribution in [-0.4, -0.2) is 36.0 Å². The fraction of sp³-hybridized carbons (Fsp3) is 0.625. The second-order valence-electron chi connectivity index (χ2n) is 4.97. The Morgan fingerprint density at radius 1 is 1.30 bits per heavy atom. The van der Waals surface area contributed by atoms with Crippen LogP contribution in [0, 0.1) is 6.92 Å². The largest absolute Gasteiger partial charge is 0.493 e. The van der Waals surface area contributed by atoms with Crippen molar-refractivity contribution in [1.82, 2.24) is 5.32 Å². The molecule has 1 rings (SSSR count). The first kappa shape index (κ1) is 17.0. The summed E-state index contributed by atoms with van der Waals surface area (Å²) in [6.07, 6.45) is 0.890. The van der Waals surface area contributed by atoms with Crippen molar-refractivity contribution in [3.05, 3.63) is 29.3 Å². The van der Waals surface area contributed by atoms with E-state index in [0.29, 0.717) is 19.6 Å². The maximum absolute atomic E-state index is 10.6. The standard InChI is InChI=1S/C16H27NO3/c1-4-14(17-9-6-10-18)16(19)13-11-12(3)7-8-15(13)20-5-2/h7-8,11,14,16-19H,4-6,9-10H2,1-3H3. The summed E-state index contributed by atoms with van der Waals surface area (Å²) in [5.41, 5.74) is 1.93. The maximum Gasteiger partial charge on any atom is 0.125 e. The average Bonchev–Trinajstić information content (AvgIpc) is 2.45. The molecule has 0 aromatic heterocycles. The summed E-state index contributed by atoms with van der Waals surface area (Å²) in [5, 5.41) is 22.7. The van der Waals surface area contributed by atoms with E-state index in [0.717, 1.165) is 23.3 Å². The molecule has 4 nitrogen and oxygen atoms in total. The van der Waals surface area contributed by atoms with E-state index in [-0.39, 0.29) is 12.6 Å². The van der Waals surface area contributed by atoms with Crippen LogP contribution < -0.4 is 10.1 Å². The third-order valence-electron chi connectivity index (χ3n) is 3.35. The molecule has 0 aliphatic rings. The predicted octanol–water partition coefficient (Wildman–Crippen LogP) is 2.18. The molecular weight excluding hydrogens is 254 g/mol. The van der Waals surface area contributed by atoms with Crippen LogP contribution in [0.5, 0.6) is 5.75 Å². The van der Waals surface area contributed by atoms with Crippen molar-refractivity contribution in [1.29, 1.82) is 0 Å². The molecule has 0 amide bonds. The topological polar surface area (TPSA) is 61.7 Å². The molecule has 0 aliphatic heterocycles. The first-order valence-electron chi connectivity index (χ1n) is 7.39. The number of rotatable bonds is 9. The lowest BCUT2D eigenvalue weighted by Gasteiger charge is -2.25. The van der Waals surface area contributed by atoms with Crippen LogP contribution in [0.3, 0.4) is 0 Å². The van der Waals surface area contributed by atoms with Crippen LogP contribution in [0.1, 0.15) is 43.9 Å². The van der Waals surface area contributed by atoms with Crippen LogP contribution in [0.15, 0.2) is 18.2 Å². The van der Waals surface area contributed by atoms with Gasteiger partial charge in [0.15, 0.2) is 0 Å². The Morgan fingerprint density at radius 2 is 2.05 bits per heavy atom.